The van der Waals surface area contributed by atoms with Crippen molar-refractivity contribution in [2.75, 3.05) is 6.61 Å². The lowest BCUT2D eigenvalue weighted by Crippen LogP contribution is -2.13. The van der Waals surface area contributed by atoms with Crippen LogP contribution in [0.25, 0.3) is 11.4 Å². The zero-order valence-corrected chi connectivity index (χ0v) is 10.6. The molecule has 2 aromatic rings. The molecule has 1 aromatic heterocycles. The van der Waals surface area contributed by atoms with Gasteiger partial charge in [-0.2, -0.15) is 0 Å². The van der Waals surface area contributed by atoms with Gasteiger partial charge in [-0.1, -0.05) is 23.7 Å². The summed E-state index contributed by atoms with van der Waals surface area (Å²) in [4.78, 5) is 8.37. The second-order valence-electron chi connectivity index (χ2n) is 3.88. The highest BCUT2D eigenvalue weighted by Gasteiger charge is 2.06. The van der Waals surface area contributed by atoms with Gasteiger partial charge in [0.2, 0.25) is 0 Å². The molecular weight excluding hydrogens is 252 g/mol. The molecule has 0 radical (unpaired) electrons. The molecular formula is C13H13ClN2O2. The minimum Gasteiger partial charge on any atom is -0.488 e. The molecule has 1 heterocycles. The molecule has 0 aliphatic rings. The molecule has 4 nitrogen and oxygen atoms in total. The van der Waals surface area contributed by atoms with Gasteiger partial charge in [0, 0.05) is 5.56 Å². The van der Waals surface area contributed by atoms with Gasteiger partial charge in [0.05, 0.1) is 23.5 Å². The van der Waals surface area contributed by atoms with E-state index in [0.29, 0.717) is 16.6 Å². The summed E-state index contributed by atoms with van der Waals surface area (Å²) in [5.74, 6) is 1.07. The Bertz CT molecular complexity index is 515. The fourth-order valence-electron chi connectivity index (χ4n) is 1.39. The Hall–Kier alpha value is -1.65. The minimum atomic E-state index is -0.520. The van der Waals surface area contributed by atoms with Gasteiger partial charge in [0.15, 0.2) is 11.6 Å². The van der Waals surface area contributed by atoms with Crippen molar-refractivity contribution >= 4 is 11.6 Å². The molecule has 0 aliphatic heterocycles. The van der Waals surface area contributed by atoms with Gasteiger partial charge >= 0.3 is 0 Å². The van der Waals surface area contributed by atoms with E-state index in [1.807, 2.05) is 18.2 Å². The van der Waals surface area contributed by atoms with Crippen LogP contribution in [0.2, 0.25) is 5.02 Å². The highest BCUT2D eigenvalue weighted by molar-refractivity contribution is 6.33. The molecule has 2 rings (SSSR count). The predicted molar refractivity (Wildman–Crippen MR) is 69.7 cm³/mol. The maximum atomic E-state index is 9.10. The van der Waals surface area contributed by atoms with Crippen LogP contribution in [0.1, 0.15) is 6.92 Å². The van der Waals surface area contributed by atoms with Gasteiger partial charge in [-0.15, -0.1) is 0 Å². The van der Waals surface area contributed by atoms with E-state index >= 15 is 0 Å². The summed E-state index contributed by atoms with van der Waals surface area (Å²) in [6.45, 7) is 1.87. The number of aliphatic hydroxyl groups excluding tert-OH is 1. The van der Waals surface area contributed by atoms with Crippen molar-refractivity contribution in [2.45, 2.75) is 13.0 Å². The second kappa shape index (κ2) is 5.80. The number of benzene rings is 1. The molecule has 0 fully saturated rings. The Morgan fingerprint density at radius 1 is 1.28 bits per heavy atom. The molecule has 0 spiro atoms. The van der Waals surface area contributed by atoms with Gasteiger partial charge in [0.1, 0.15) is 6.61 Å². The van der Waals surface area contributed by atoms with E-state index in [9.17, 15) is 0 Å². The van der Waals surface area contributed by atoms with E-state index in [4.69, 9.17) is 21.4 Å². The summed E-state index contributed by atoms with van der Waals surface area (Å²) in [7, 11) is 0. The average molecular weight is 265 g/mol. The fraction of sp³-hybridized carbons (Fsp3) is 0.231. The molecule has 0 bridgehead atoms. The Kier molecular flexibility index (Phi) is 4.12. The summed E-state index contributed by atoms with van der Waals surface area (Å²) in [5, 5.41) is 9.71. The molecule has 0 saturated carbocycles. The van der Waals surface area contributed by atoms with Gasteiger partial charge in [0.25, 0.3) is 0 Å². The first kappa shape index (κ1) is 12.8. The quantitative estimate of drug-likeness (QED) is 0.922. The molecule has 1 atom stereocenters. The number of rotatable bonds is 4. The van der Waals surface area contributed by atoms with Crippen molar-refractivity contribution in [1.82, 2.24) is 9.97 Å². The third kappa shape index (κ3) is 3.18. The van der Waals surface area contributed by atoms with E-state index < -0.39 is 6.10 Å². The number of hydrogen-bond acceptors (Lipinski definition) is 4. The summed E-state index contributed by atoms with van der Waals surface area (Å²) >= 11 is 6.06. The maximum Gasteiger partial charge on any atom is 0.160 e. The van der Waals surface area contributed by atoms with Crippen LogP contribution in [-0.4, -0.2) is 27.8 Å². The number of hydrogen-bond donors (Lipinski definition) is 1. The Morgan fingerprint density at radius 2 is 1.94 bits per heavy atom. The Morgan fingerprint density at radius 3 is 2.56 bits per heavy atom. The highest BCUT2D eigenvalue weighted by Crippen LogP contribution is 2.24. The van der Waals surface area contributed by atoms with Crippen LogP contribution >= 0.6 is 11.6 Å². The van der Waals surface area contributed by atoms with Gasteiger partial charge in [-0.25, -0.2) is 9.97 Å². The number of halogens is 1. The molecule has 1 unspecified atom stereocenters. The smallest absolute Gasteiger partial charge is 0.160 e. The molecule has 94 valence electrons. The number of ether oxygens (including phenoxy) is 1. The van der Waals surface area contributed by atoms with E-state index in [2.05, 4.69) is 9.97 Å². The highest BCUT2D eigenvalue weighted by atomic mass is 35.5. The maximum absolute atomic E-state index is 9.10. The SMILES string of the molecule is CC(O)COc1cnc(-c2ccccc2Cl)nc1. The summed E-state index contributed by atoms with van der Waals surface area (Å²) < 4.78 is 5.28. The standard InChI is InChI=1S/C13H13ClN2O2/c1-9(17)8-18-10-6-15-13(16-7-10)11-4-2-3-5-12(11)14/h2-7,9,17H,8H2,1H3. The van der Waals surface area contributed by atoms with Gasteiger partial charge in [-0.3, -0.25) is 0 Å². The minimum absolute atomic E-state index is 0.217. The fourth-order valence-corrected chi connectivity index (χ4v) is 1.61. The zero-order valence-electron chi connectivity index (χ0n) is 9.88. The van der Waals surface area contributed by atoms with Crippen LogP contribution in [0.4, 0.5) is 0 Å². The zero-order chi connectivity index (χ0) is 13.0. The first-order valence-corrected chi connectivity index (χ1v) is 5.92. The normalized spacial score (nSPS) is 12.2. The topological polar surface area (TPSA) is 55.2 Å². The van der Waals surface area contributed by atoms with E-state index in [0.717, 1.165) is 5.56 Å². The molecule has 0 amide bonds. The monoisotopic (exact) mass is 264 g/mol. The molecule has 1 N–H and O–H groups in total. The number of aliphatic hydroxyl groups is 1. The van der Waals surface area contributed by atoms with E-state index in [1.54, 1.807) is 25.4 Å². The second-order valence-corrected chi connectivity index (χ2v) is 4.29. The third-order valence-corrected chi connectivity index (χ3v) is 2.56. The van der Waals surface area contributed by atoms with Crippen LogP contribution < -0.4 is 4.74 Å². The predicted octanol–water partition coefficient (Wildman–Crippen LogP) is 2.56. The number of nitrogens with zero attached hydrogens (tertiary/aromatic N) is 2. The lowest BCUT2D eigenvalue weighted by Gasteiger charge is -2.08. The van der Waals surface area contributed by atoms with Crippen LogP contribution in [0.15, 0.2) is 36.7 Å². The van der Waals surface area contributed by atoms with E-state index in [-0.39, 0.29) is 6.61 Å². The largest absolute Gasteiger partial charge is 0.488 e. The van der Waals surface area contributed by atoms with Crippen molar-refractivity contribution in [3.63, 3.8) is 0 Å². The summed E-state index contributed by atoms with van der Waals surface area (Å²) in [6, 6.07) is 7.38. The molecule has 0 aliphatic carbocycles. The third-order valence-electron chi connectivity index (χ3n) is 2.23. The summed E-state index contributed by atoms with van der Waals surface area (Å²) in [5.41, 5.74) is 0.779. The van der Waals surface area contributed by atoms with Crippen LogP contribution in [0.5, 0.6) is 5.75 Å². The molecule has 5 heteroatoms. The Labute approximate surface area is 110 Å². The van der Waals surface area contributed by atoms with Crippen molar-refractivity contribution in [2.24, 2.45) is 0 Å². The van der Waals surface area contributed by atoms with Gasteiger partial charge < -0.3 is 9.84 Å². The lowest BCUT2D eigenvalue weighted by atomic mass is 10.2. The van der Waals surface area contributed by atoms with Crippen LogP contribution in [-0.2, 0) is 0 Å². The first-order valence-electron chi connectivity index (χ1n) is 5.54. The lowest BCUT2D eigenvalue weighted by molar-refractivity contribution is 0.122. The Balaban J connectivity index is 2.15. The summed E-state index contributed by atoms with van der Waals surface area (Å²) in [6.07, 6.45) is 2.61. The van der Waals surface area contributed by atoms with Crippen molar-refractivity contribution < 1.29 is 9.84 Å². The molecule has 18 heavy (non-hydrogen) atoms. The van der Waals surface area contributed by atoms with Crippen molar-refractivity contribution in [3.8, 4) is 17.1 Å². The average Bonchev–Trinajstić information content (AvgIpc) is 2.38. The molecule has 1 aromatic carbocycles. The van der Waals surface area contributed by atoms with Gasteiger partial charge in [-0.05, 0) is 19.1 Å². The molecule has 0 saturated heterocycles. The number of aromatic nitrogens is 2. The van der Waals surface area contributed by atoms with Crippen molar-refractivity contribution in [3.05, 3.63) is 41.7 Å². The van der Waals surface area contributed by atoms with Crippen molar-refractivity contribution in [1.29, 1.82) is 0 Å². The van der Waals surface area contributed by atoms with Crippen LogP contribution in [0, 0.1) is 0 Å². The van der Waals surface area contributed by atoms with Crippen LogP contribution in [0.3, 0.4) is 0 Å². The van der Waals surface area contributed by atoms with E-state index in [1.165, 1.54) is 0 Å². The first-order chi connectivity index (χ1) is 8.66.